The number of aliphatic carboxylic acids is 1. The lowest BCUT2D eigenvalue weighted by Crippen LogP contribution is -2.32. The van der Waals surface area contributed by atoms with E-state index >= 15 is 0 Å². The Bertz CT molecular complexity index is 1030. The van der Waals surface area contributed by atoms with E-state index < -0.39 is 28.6 Å². The van der Waals surface area contributed by atoms with Gasteiger partial charge in [-0.25, -0.2) is 0 Å². The van der Waals surface area contributed by atoms with Gasteiger partial charge in [-0.2, -0.15) is 0 Å². The van der Waals surface area contributed by atoms with Gasteiger partial charge in [0.2, 0.25) is 5.91 Å². The van der Waals surface area contributed by atoms with Crippen molar-refractivity contribution in [3.8, 4) is 0 Å². The van der Waals surface area contributed by atoms with Crippen LogP contribution in [0.2, 0.25) is 0 Å². The van der Waals surface area contributed by atoms with Crippen molar-refractivity contribution in [2.75, 3.05) is 11.9 Å². The summed E-state index contributed by atoms with van der Waals surface area (Å²) in [5, 5.41) is 22.2. The van der Waals surface area contributed by atoms with Gasteiger partial charge in [0.25, 0.3) is 17.5 Å². The second-order valence-corrected chi connectivity index (χ2v) is 6.31. The molecule has 0 radical (unpaired) electrons. The number of hydrogen-bond donors (Lipinski definition) is 2. The van der Waals surface area contributed by atoms with Gasteiger partial charge in [0, 0.05) is 30.8 Å². The molecule has 29 heavy (non-hydrogen) atoms. The Labute approximate surface area is 163 Å². The fraction of sp³-hybridized carbons (Fsp3) is 0.158. The van der Waals surface area contributed by atoms with Crippen LogP contribution < -0.4 is 5.32 Å². The number of carboxylic acids is 1. The molecule has 3 amide bonds. The van der Waals surface area contributed by atoms with E-state index in [1.165, 1.54) is 6.07 Å². The van der Waals surface area contributed by atoms with Crippen molar-refractivity contribution in [2.45, 2.75) is 12.8 Å². The number of anilines is 1. The van der Waals surface area contributed by atoms with Gasteiger partial charge in [-0.3, -0.25) is 34.2 Å². The molecule has 0 spiro atoms. The van der Waals surface area contributed by atoms with E-state index in [2.05, 4.69) is 5.32 Å². The third-order valence-electron chi connectivity index (χ3n) is 4.32. The fourth-order valence-corrected chi connectivity index (χ4v) is 2.91. The van der Waals surface area contributed by atoms with Crippen LogP contribution in [0.1, 0.15) is 32.7 Å². The quantitative estimate of drug-likeness (QED) is 0.411. The maximum atomic E-state index is 12.4. The summed E-state index contributed by atoms with van der Waals surface area (Å²) < 4.78 is 0. The van der Waals surface area contributed by atoms with Crippen LogP contribution in [-0.2, 0) is 16.0 Å². The molecule has 1 aliphatic rings. The number of nitro groups is 1. The van der Waals surface area contributed by atoms with Gasteiger partial charge >= 0.3 is 5.97 Å². The first-order valence-corrected chi connectivity index (χ1v) is 8.51. The van der Waals surface area contributed by atoms with E-state index in [9.17, 15) is 29.3 Å². The molecule has 3 rings (SSSR count). The average Bonchev–Trinajstić information content (AvgIpc) is 2.91. The zero-order valence-electron chi connectivity index (χ0n) is 15.0. The minimum Gasteiger partial charge on any atom is -0.481 e. The lowest BCUT2D eigenvalue weighted by Gasteiger charge is -2.13. The lowest BCUT2D eigenvalue weighted by atomic mass is 10.1. The summed E-state index contributed by atoms with van der Waals surface area (Å²) in [6, 6.07) is 9.67. The molecular formula is C19H15N3O7. The highest BCUT2D eigenvalue weighted by molar-refractivity contribution is 6.21. The van der Waals surface area contributed by atoms with Crippen molar-refractivity contribution in [3.63, 3.8) is 0 Å². The van der Waals surface area contributed by atoms with E-state index in [4.69, 9.17) is 5.11 Å². The molecular weight excluding hydrogens is 382 g/mol. The van der Waals surface area contributed by atoms with Crippen LogP contribution in [0.5, 0.6) is 0 Å². The van der Waals surface area contributed by atoms with Crippen LogP contribution in [0, 0.1) is 10.1 Å². The van der Waals surface area contributed by atoms with Gasteiger partial charge < -0.3 is 10.4 Å². The smallest absolute Gasteiger partial charge is 0.307 e. The summed E-state index contributed by atoms with van der Waals surface area (Å²) in [6.45, 7) is -0.178. The van der Waals surface area contributed by atoms with Crippen LogP contribution in [0.4, 0.5) is 11.4 Å². The number of carbonyl (C=O) groups is 4. The molecule has 0 aliphatic carbocycles. The second-order valence-electron chi connectivity index (χ2n) is 6.31. The number of non-ortho nitro benzene ring substituents is 1. The molecule has 0 atom stereocenters. The highest BCUT2D eigenvalue weighted by atomic mass is 16.6. The third kappa shape index (κ3) is 4.26. The Hall–Kier alpha value is -4.08. The molecule has 0 unspecified atom stereocenters. The van der Waals surface area contributed by atoms with Crippen LogP contribution in [0.25, 0.3) is 0 Å². The number of fused-ring (bicyclic) bond motifs is 1. The molecule has 10 nitrogen and oxygen atoms in total. The van der Waals surface area contributed by atoms with Gasteiger partial charge in [-0.15, -0.1) is 0 Å². The monoisotopic (exact) mass is 397 g/mol. The maximum Gasteiger partial charge on any atom is 0.307 e. The SMILES string of the molecule is O=C(O)Cc1ccc(NC(=O)CCN2C(=O)c3ccc([N+](=O)[O-])cc3C2=O)cc1. The first-order chi connectivity index (χ1) is 13.8. The molecule has 1 aliphatic heterocycles. The number of amides is 3. The molecule has 0 fully saturated rings. The van der Waals surface area contributed by atoms with Gasteiger partial charge in [-0.05, 0) is 23.8 Å². The highest BCUT2D eigenvalue weighted by Crippen LogP contribution is 2.26. The van der Waals surface area contributed by atoms with Crippen LogP contribution >= 0.6 is 0 Å². The van der Waals surface area contributed by atoms with Crippen molar-refractivity contribution in [3.05, 3.63) is 69.3 Å². The number of nitrogens with one attached hydrogen (secondary N) is 1. The largest absolute Gasteiger partial charge is 0.481 e. The first-order valence-electron chi connectivity index (χ1n) is 8.51. The molecule has 2 aromatic rings. The van der Waals surface area contributed by atoms with Gasteiger partial charge in [0.05, 0.1) is 22.5 Å². The van der Waals surface area contributed by atoms with Gasteiger partial charge in [0.15, 0.2) is 0 Å². The van der Waals surface area contributed by atoms with Crippen molar-refractivity contribution in [1.82, 2.24) is 4.90 Å². The number of carbonyl (C=O) groups excluding carboxylic acids is 3. The Morgan fingerprint density at radius 3 is 2.31 bits per heavy atom. The van der Waals surface area contributed by atoms with Crippen molar-refractivity contribution >= 4 is 35.1 Å². The van der Waals surface area contributed by atoms with Crippen molar-refractivity contribution in [2.24, 2.45) is 0 Å². The molecule has 0 saturated heterocycles. The summed E-state index contributed by atoms with van der Waals surface area (Å²) in [7, 11) is 0. The van der Waals surface area contributed by atoms with E-state index in [1.54, 1.807) is 24.3 Å². The Kier molecular flexibility index (Phi) is 5.35. The predicted molar refractivity (Wildman–Crippen MR) is 99.5 cm³/mol. The number of hydrogen-bond acceptors (Lipinski definition) is 6. The zero-order valence-corrected chi connectivity index (χ0v) is 15.0. The topological polar surface area (TPSA) is 147 Å². The molecule has 0 aromatic heterocycles. The average molecular weight is 397 g/mol. The van der Waals surface area contributed by atoms with Crippen LogP contribution in [0.15, 0.2) is 42.5 Å². The minimum atomic E-state index is -0.965. The van der Waals surface area contributed by atoms with Crippen LogP contribution in [-0.4, -0.2) is 45.2 Å². The summed E-state index contributed by atoms with van der Waals surface area (Å²) in [6.07, 6.45) is -0.295. The Morgan fingerprint density at radius 1 is 1.03 bits per heavy atom. The number of nitrogens with zero attached hydrogens (tertiary/aromatic N) is 2. The summed E-state index contributed by atoms with van der Waals surface area (Å²) >= 11 is 0. The summed E-state index contributed by atoms with van der Waals surface area (Å²) in [5.41, 5.74) is 0.738. The number of rotatable bonds is 7. The minimum absolute atomic E-state index is 0.0568. The molecule has 2 aromatic carbocycles. The molecule has 2 N–H and O–H groups in total. The number of carboxylic acid groups (broad SMARTS) is 1. The lowest BCUT2D eigenvalue weighted by molar-refractivity contribution is -0.384. The number of nitro benzene ring substituents is 1. The van der Waals surface area contributed by atoms with Crippen molar-refractivity contribution < 1.29 is 29.2 Å². The first kappa shape index (κ1) is 19.7. The molecule has 1 heterocycles. The molecule has 148 valence electrons. The van der Waals surface area contributed by atoms with E-state index in [-0.39, 0.29) is 36.2 Å². The number of benzene rings is 2. The second kappa shape index (κ2) is 7.89. The van der Waals surface area contributed by atoms with Gasteiger partial charge in [0.1, 0.15) is 0 Å². The fourth-order valence-electron chi connectivity index (χ4n) is 2.91. The zero-order chi connectivity index (χ0) is 21.1. The molecule has 0 bridgehead atoms. The number of imide groups is 1. The summed E-state index contributed by atoms with van der Waals surface area (Å²) in [4.78, 5) is 58.6. The van der Waals surface area contributed by atoms with E-state index in [1.807, 2.05) is 0 Å². The molecule has 10 heteroatoms. The highest BCUT2D eigenvalue weighted by Gasteiger charge is 2.36. The van der Waals surface area contributed by atoms with Gasteiger partial charge in [-0.1, -0.05) is 12.1 Å². The third-order valence-corrected chi connectivity index (χ3v) is 4.32. The Morgan fingerprint density at radius 2 is 1.69 bits per heavy atom. The van der Waals surface area contributed by atoms with Crippen molar-refractivity contribution in [1.29, 1.82) is 0 Å². The molecule has 0 saturated carbocycles. The Balaban J connectivity index is 1.60. The normalized spacial score (nSPS) is 12.6. The maximum absolute atomic E-state index is 12.4. The van der Waals surface area contributed by atoms with E-state index in [0.29, 0.717) is 11.3 Å². The summed E-state index contributed by atoms with van der Waals surface area (Å²) in [5.74, 6) is -2.70. The predicted octanol–water partition coefficient (Wildman–Crippen LogP) is 1.85. The standard InChI is InChI=1S/C19H15N3O7/c23-16(20-12-3-1-11(2-4-12)9-17(24)25)7-8-21-18(26)14-6-5-13(22(28)29)10-15(14)19(21)27/h1-6,10H,7-9H2,(H,20,23)(H,24,25). The van der Waals surface area contributed by atoms with E-state index in [0.717, 1.165) is 17.0 Å². The van der Waals surface area contributed by atoms with Crippen LogP contribution in [0.3, 0.4) is 0 Å².